The minimum Gasteiger partial charge on any atom is -0.465 e. The van der Waals surface area contributed by atoms with E-state index < -0.39 is 0 Å². The number of ether oxygens (including phenoxy) is 1. The van der Waals surface area contributed by atoms with Crippen LogP contribution in [0.25, 0.3) is 0 Å². The lowest BCUT2D eigenvalue weighted by Gasteiger charge is -2.35. The van der Waals surface area contributed by atoms with Crippen LogP contribution in [0.5, 0.6) is 0 Å². The summed E-state index contributed by atoms with van der Waals surface area (Å²) in [6.07, 6.45) is 2.42. The van der Waals surface area contributed by atoms with Gasteiger partial charge < -0.3 is 10.5 Å². The van der Waals surface area contributed by atoms with Crippen LogP contribution < -0.4 is 5.73 Å². The third kappa shape index (κ3) is 1.60. The molecule has 80 valence electrons. The summed E-state index contributed by atoms with van der Waals surface area (Å²) in [4.78, 5) is 4.26. The Labute approximate surface area is 89.5 Å². The van der Waals surface area contributed by atoms with E-state index in [1.807, 2.05) is 0 Å². The molecule has 0 aliphatic carbocycles. The van der Waals surface area contributed by atoms with Crippen LogP contribution >= 0.6 is 11.8 Å². The van der Waals surface area contributed by atoms with E-state index in [1.54, 1.807) is 0 Å². The van der Waals surface area contributed by atoms with Crippen LogP contribution in [0.2, 0.25) is 0 Å². The molecule has 0 radical (unpaired) electrons. The fourth-order valence-corrected chi connectivity index (χ4v) is 4.28. The van der Waals surface area contributed by atoms with Gasteiger partial charge in [-0.1, -0.05) is 13.8 Å². The molecule has 3 atom stereocenters. The van der Waals surface area contributed by atoms with Gasteiger partial charge in [0.15, 0.2) is 0 Å². The van der Waals surface area contributed by atoms with Gasteiger partial charge in [0.2, 0.25) is 0 Å². The third-order valence-corrected chi connectivity index (χ3v) is 4.99. The molecule has 0 aromatic heterocycles. The second kappa shape index (κ2) is 3.65. The second-order valence-corrected chi connectivity index (χ2v) is 6.00. The van der Waals surface area contributed by atoms with Crippen LogP contribution in [-0.4, -0.2) is 29.7 Å². The quantitative estimate of drug-likeness (QED) is 0.721. The fraction of sp³-hybridized carbons (Fsp3) is 0.900. The van der Waals surface area contributed by atoms with Gasteiger partial charge in [-0.25, -0.2) is 4.99 Å². The molecule has 2 N–H and O–H groups in total. The third-order valence-electron chi connectivity index (χ3n) is 3.20. The van der Waals surface area contributed by atoms with Gasteiger partial charge in [0, 0.05) is 15.9 Å². The van der Waals surface area contributed by atoms with Gasteiger partial charge in [-0.15, -0.1) is 0 Å². The van der Waals surface area contributed by atoms with Crippen molar-refractivity contribution in [1.29, 1.82) is 0 Å². The normalized spacial score (nSPS) is 42.3. The second-order valence-electron chi connectivity index (χ2n) is 4.35. The number of nitrogens with two attached hydrogens (primary N) is 1. The molecule has 3 unspecified atom stereocenters. The van der Waals surface area contributed by atoms with E-state index in [4.69, 9.17) is 10.5 Å². The average molecular weight is 214 g/mol. The molecule has 2 aliphatic heterocycles. The lowest BCUT2D eigenvalue weighted by Crippen LogP contribution is -2.42. The van der Waals surface area contributed by atoms with E-state index in [2.05, 4.69) is 30.6 Å². The maximum absolute atomic E-state index is 5.53. The van der Waals surface area contributed by atoms with Crippen LogP contribution in [-0.2, 0) is 4.74 Å². The van der Waals surface area contributed by atoms with Crippen LogP contribution in [0.15, 0.2) is 4.99 Å². The Hall–Kier alpha value is -0.380. The monoisotopic (exact) mass is 214 g/mol. The summed E-state index contributed by atoms with van der Waals surface area (Å²) in [6, 6.07) is 0.370. The maximum atomic E-state index is 5.53. The molecule has 14 heavy (non-hydrogen) atoms. The lowest BCUT2D eigenvalue weighted by molar-refractivity contribution is 0.115. The highest BCUT2D eigenvalue weighted by Gasteiger charge is 2.47. The Bertz CT molecular complexity index is 257. The largest absolute Gasteiger partial charge is 0.465 e. The maximum Gasteiger partial charge on any atom is 0.281 e. The number of hydrogen-bond acceptors (Lipinski definition) is 4. The molecule has 3 nitrogen and oxygen atoms in total. The molecule has 1 fully saturated rings. The van der Waals surface area contributed by atoms with Crippen molar-refractivity contribution in [3.8, 4) is 0 Å². The van der Waals surface area contributed by atoms with Crippen LogP contribution in [0.3, 0.4) is 0 Å². The molecule has 0 aromatic rings. The fourth-order valence-electron chi connectivity index (χ4n) is 2.57. The molecule has 0 aromatic carbocycles. The summed E-state index contributed by atoms with van der Waals surface area (Å²) in [5, 5.41) is 1.42. The Morgan fingerprint density at radius 3 is 3.07 bits per heavy atom. The number of thioether (sulfide) groups is 1. The summed E-state index contributed by atoms with van der Waals surface area (Å²) < 4.78 is 5.41. The Kier molecular flexibility index (Phi) is 2.64. The van der Waals surface area contributed by atoms with Crippen molar-refractivity contribution in [2.24, 2.45) is 16.1 Å². The molecule has 4 heteroatoms. The van der Waals surface area contributed by atoms with E-state index >= 15 is 0 Å². The van der Waals surface area contributed by atoms with Crippen LogP contribution in [0, 0.1) is 5.41 Å². The first kappa shape index (κ1) is 10.1. The van der Waals surface area contributed by atoms with Gasteiger partial charge in [0.1, 0.15) is 0 Å². The molecule has 0 bridgehead atoms. The first-order chi connectivity index (χ1) is 6.66. The van der Waals surface area contributed by atoms with Crippen molar-refractivity contribution in [3.63, 3.8) is 0 Å². The van der Waals surface area contributed by atoms with Gasteiger partial charge in [-0.2, -0.15) is 11.8 Å². The zero-order valence-corrected chi connectivity index (χ0v) is 9.64. The summed E-state index contributed by atoms with van der Waals surface area (Å²) in [5.41, 5.74) is 5.79. The number of hydrogen-bond donors (Lipinski definition) is 1. The first-order valence-electron chi connectivity index (χ1n) is 5.24. The van der Waals surface area contributed by atoms with E-state index in [0.29, 0.717) is 11.3 Å². The topological polar surface area (TPSA) is 47.6 Å². The van der Waals surface area contributed by atoms with Crippen LogP contribution in [0.4, 0.5) is 0 Å². The molecule has 0 amide bonds. The van der Waals surface area contributed by atoms with E-state index in [0.717, 1.165) is 18.4 Å². The predicted molar refractivity (Wildman–Crippen MR) is 60.6 cm³/mol. The van der Waals surface area contributed by atoms with E-state index in [-0.39, 0.29) is 5.41 Å². The Morgan fingerprint density at radius 1 is 1.71 bits per heavy atom. The molecule has 2 rings (SSSR count). The molecule has 1 saturated heterocycles. The van der Waals surface area contributed by atoms with Crippen LogP contribution in [0.1, 0.15) is 26.7 Å². The summed E-state index contributed by atoms with van der Waals surface area (Å²) in [6.45, 7) is 6.16. The van der Waals surface area contributed by atoms with Gasteiger partial charge in [-0.3, -0.25) is 0 Å². The Balaban J connectivity index is 2.15. The van der Waals surface area contributed by atoms with Gasteiger partial charge in [-0.05, 0) is 12.8 Å². The van der Waals surface area contributed by atoms with Gasteiger partial charge in [0.05, 0.1) is 13.2 Å². The van der Waals surface area contributed by atoms with E-state index in [9.17, 15) is 0 Å². The zero-order valence-electron chi connectivity index (χ0n) is 8.82. The molecular weight excluding hydrogens is 196 g/mol. The molecular formula is C10H18N2OS. The van der Waals surface area contributed by atoms with E-state index in [1.165, 1.54) is 12.8 Å². The van der Waals surface area contributed by atoms with Crippen molar-refractivity contribution in [2.45, 2.75) is 37.2 Å². The SMILES string of the molecule is CCC1SC(C)CC12CN=C(N)OC2. The van der Waals surface area contributed by atoms with Crippen molar-refractivity contribution < 1.29 is 4.74 Å². The van der Waals surface area contributed by atoms with Crippen molar-refractivity contribution in [1.82, 2.24) is 0 Å². The van der Waals surface area contributed by atoms with Crippen molar-refractivity contribution >= 4 is 17.8 Å². The van der Waals surface area contributed by atoms with Crippen molar-refractivity contribution in [3.05, 3.63) is 0 Å². The highest BCUT2D eigenvalue weighted by Crippen LogP contribution is 2.50. The predicted octanol–water partition coefficient (Wildman–Crippen LogP) is 1.62. The number of amidine groups is 1. The Morgan fingerprint density at radius 2 is 2.50 bits per heavy atom. The average Bonchev–Trinajstić information content (AvgIpc) is 2.48. The minimum atomic E-state index is 0.266. The summed E-state index contributed by atoms with van der Waals surface area (Å²) >= 11 is 2.08. The highest BCUT2D eigenvalue weighted by atomic mass is 32.2. The highest BCUT2D eigenvalue weighted by molar-refractivity contribution is 8.00. The minimum absolute atomic E-state index is 0.266. The molecule has 1 spiro atoms. The van der Waals surface area contributed by atoms with Gasteiger partial charge in [0.25, 0.3) is 6.02 Å². The first-order valence-corrected chi connectivity index (χ1v) is 6.19. The standard InChI is InChI=1S/C10H18N2OS/c1-3-8-10(4-7(2)14-8)5-12-9(11)13-6-10/h7-8H,3-6H2,1-2H3,(H2,11,12). The van der Waals surface area contributed by atoms with Gasteiger partial charge >= 0.3 is 0 Å². The zero-order chi connectivity index (χ0) is 10.2. The molecule has 2 heterocycles. The summed E-state index contributed by atoms with van der Waals surface area (Å²) in [7, 11) is 0. The van der Waals surface area contributed by atoms with Crippen molar-refractivity contribution in [2.75, 3.05) is 13.2 Å². The smallest absolute Gasteiger partial charge is 0.281 e. The number of aliphatic imine (C=N–C) groups is 1. The molecule has 0 saturated carbocycles. The number of nitrogens with zero attached hydrogens (tertiary/aromatic N) is 1. The molecule has 2 aliphatic rings. The summed E-state index contributed by atoms with van der Waals surface area (Å²) in [5.74, 6) is 0. The lowest BCUT2D eigenvalue weighted by atomic mass is 9.79. The number of rotatable bonds is 1.